The molecular weight excluding hydrogens is 148 g/mol. The van der Waals surface area contributed by atoms with Crippen molar-refractivity contribution in [2.24, 2.45) is 5.73 Å². The first kappa shape index (κ1) is 9.78. The van der Waals surface area contributed by atoms with Crippen LogP contribution in [0.4, 0.5) is 4.79 Å². The van der Waals surface area contributed by atoms with Crippen LogP contribution in [-0.2, 0) is 0 Å². The minimum Gasteiger partial charge on any atom is -0.360 e. The van der Waals surface area contributed by atoms with Gasteiger partial charge < -0.3 is 5.73 Å². The van der Waals surface area contributed by atoms with Crippen molar-refractivity contribution in [1.82, 2.24) is 4.90 Å². The second-order valence-corrected chi connectivity index (χ2v) is 3.39. The van der Waals surface area contributed by atoms with E-state index in [1.165, 1.54) is 0 Å². The maximum atomic E-state index is 10.3. The Kier molecular flexibility index (Phi) is 4.47. The van der Waals surface area contributed by atoms with Crippen molar-refractivity contribution in [2.75, 3.05) is 12.9 Å². The number of nitrogens with two attached hydrogens (primary N) is 1. The average molecular weight is 162 g/mol. The van der Waals surface area contributed by atoms with Gasteiger partial charge in [-0.25, -0.2) is 0 Å². The molecule has 0 aromatic heterocycles. The van der Waals surface area contributed by atoms with Crippen LogP contribution in [0.15, 0.2) is 0 Å². The number of hydrogen-bond acceptors (Lipinski definition) is 3. The number of primary amides is 1. The van der Waals surface area contributed by atoms with Gasteiger partial charge in [-0.1, -0.05) is 0 Å². The van der Waals surface area contributed by atoms with Gasteiger partial charge in [0.05, 0.1) is 5.88 Å². The zero-order valence-electron chi connectivity index (χ0n) is 6.63. The number of amides is 1. The highest BCUT2D eigenvalue weighted by Crippen LogP contribution is 2.04. The van der Waals surface area contributed by atoms with Gasteiger partial charge in [0.2, 0.25) is 0 Å². The molecule has 0 spiro atoms. The second kappa shape index (κ2) is 4.57. The van der Waals surface area contributed by atoms with E-state index in [1.807, 2.05) is 7.05 Å². The molecule has 0 aliphatic carbocycles. The van der Waals surface area contributed by atoms with Gasteiger partial charge in [0.15, 0.2) is 0 Å². The van der Waals surface area contributed by atoms with Crippen LogP contribution in [0, 0.1) is 0 Å². The summed E-state index contributed by atoms with van der Waals surface area (Å²) in [6.45, 7) is 4.14. The lowest BCUT2D eigenvalue weighted by molar-refractivity contribution is 0.266. The van der Waals surface area contributed by atoms with E-state index in [2.05, 4.69) is 18.7 Å². The van der Waals surface area contributed by atoms with Gasteiger partial charge in [-0.05, 0) is 32.7 Å². The smallest absolute Gasteiger partial charge is 0.277 e. The molecule has 0 atom stereocenters. The molecule has 0 aromatic carbocycles. The minimum atomic E-state index is -0.312. The first-order valence-electron chi connectivity index (χ1n) is 3.16. The van der Waals surface area contributed by atoms with E-state index in [9.17, 15) is 4.79 Å². The molecule has 0 unspecified atom stereocenters. The number of thioether (sulfide) groups is 1. The molecule has 0 radical (unpaired) electrons. The van der Waals surface area contributed by atoms with Crippen molar-refractivity contribution in [3.8, 4) is 0 Å². The Bertz CT molecular complexity index is 116. The fourth-order valence-corrected chi connectivity index (χ4v) is 0.944. The number of hydrogen-bond donors (Lipinski definition) is 1. The molecule has 0 saturated heterocycles. The van der Waals surface area contributed by atoms with Gasteiger partial charge in [-0.2, -0.15) is 0 Å². The molecular formula is C6H14N2OS. The quantitative estimate of drug-likeness (QED) is 0.632. The van der Waals surface area contributed by atoms with Gasteiger partial charge in [-0.3, -0.25) is 9.69 Å². The Morgan fingerprint density at radius 1 is 1.70 bits per heavy atom. The van der Waals surface area contributed by atoms with E-state index in [4.69, 9.17) is 5.73 Å². The van der Waals surface area contributed by atoms with Gasteiger partial charge in [0.1, 0.15) is 0 Å². The fraction of sp³-hybridized carbons (Fsp3) is 0.833. The lowest BCUT2D eigenvalue weighted by atomic mass is 10.4. The number of carbonyl (C=O) groups excluding carboxylic acids is 1. The fourth-order valence-electron chi connectivity index (χ4n) is 0.315. The summed E-state index contributed by atoms with van der Waals surface area (Å²) in [6.07, 6.45) is 0. The van der Waals surface area contributed by atoms with E-state index in [0.29, 0.717) is 11.9 Å². The number of nitrogens with zero attached hydrogens (tertiary/aromatic N) is 1. The Balaban J connectivity index is 3.39. The molecule has 0 saturated carbocycles. The van der Waals surface area contributed by atoms with Crippen molar-refractivity contribution in [1.29, 1.82) is 0 Å². The molecule has 60 valence electrons. The molecule has 4 heteroatoms. The summed E-state index contributed by atoms with van der Waals surface area (Å²) < 4.78 is 0. The lowest BCUT2D eigenvalue weighted by Gasteiger charge is -2.18. The van der Waals surface area contributed by atoms with E-state index in [0.717, 1.165) is 11.8 Å². The minimum absolute atomic E-state index is 0.312. The van der Waals surface area contributed by atoms with E-state index >= 15 is 0 Å². The van der Waals surface area contributed by atoms with Crippen LogP contribution in [0.2, 0.25) is 0 Å². The van der Waals surface area contributed by atoms with Crippen molar-refractivity contribution in [3.05, 3.63) is 0 Å². The molecule has 0 fully saturated rings. The monoisotopic (exact) mass is 162 g/mol. The van der Waals surface area contributed by atoms with Crippen LogP contribution in [0.3, 0.4) is 0 Å². The van der Waals surface area contributed by atoms with Crippen molar-refractivity contribution >= 4 is 17.0 Å². The van der Waals surface area contributed by atoms with Crippen LogP contribution in [-0.4, -0.2) is 29.1 Å². The normalized spacial score (nSPS) is 10.9. The third-order valence-corrected chi connectivity index (χ3v) is 2.11. The maximum absolute atomic E-state index is 10.3. The Labute approximate surface area is 65.9 Å². The molecule has 0 aliphatic heterocycles. The molecule has 0 aliphatic rings. The van der Waals surface area contributed by atoms with Crippen LogP contribution in [0.5, 0.6) is 0 Å². The summed E-state index contributed by atoms with van der Waals surface area (Å²) in [7, 11) is 1.96. The number of rotatable bonds is 3. The molecule has 2 N–H and O–H groups in total. The summed E-state index contributed by atoms with van der Waals surface area (Å²) in [5, 5.41) is -0.312. The average Bonchev–Trinajstić information content (AvgIpc) is 1.82. The topological polar surface area (TPSA) is 46.3 Å². The van der Waals surface area contributed by atoms with E-state index < -0.39 is 0 Å². The molecule has 3 nitrogen and oxygen atoms in total. The summed E-state index contributed by atoms with van der Waals surface area (Å²) in [6, 6.07) is 0.465. The van der Waals surface area contributed by atoms with Gasteiger partial charge in [-0.15, -0.1) is 0 Å². The summed E-state index contributed by atoms with van der Waals surface area (Å²) in [5.74, 6) is 0.674. The van der Waals surface area contributed by atoms with E-state index in [-0.39, 0.29) is 5.24 Å². The molecule has 1 amide bonds. The molecule has 10 heavy (non-hydrogen) atoms. The predicted octanol–water partition coefficient (Wildman–Crippen LogP) is 1.10. The highest BCUT2D eigenvalue weighted by molar-refractivity contribution is 8.13. The van der Waals surface area contributed by atoms with Crippen LogP contribution < -0.4 is 5.73 Å². The summed E-state index contributed by atoms with van der Waals surface area (Å²) in [4.78, 5) is 12.3. The standard InChI is InChI=1S/C6H14N2OS/c1-5(2)8(3)4-10-6(7)9/h5H,4H2,1-3H3,(H2,7,9). The largest absolute Gasteiger partial charge is 0.360 e. The third-order valence-electron chi connectivity index (χ3n) is 1.29. The van der Waals surface area contributed by atoms with Crippen LogP contribution in [0.25, 0.3) is 0 Å². The Hall–Kier alpha value is -0.220. The molecule has 0 bridgehead atoms. The zero-order valence-corrected chi connectivity index (χ0v) is 7.44. The summed E-state index contributed by atoms with van der Waals surface area (Å²) in [5.41, 5.74) is 4.94. The third kappa shape index (κ3) is 4.64. The first-order chi connectivity index (χ1) is 4.54. The van der Waals surface area contributed by atoms with Crippen molar-refractivity contribution in [2.45, 2.75) is 19.9 Å². The molecule has 0 rings (SSSR count). The molecule has 0 aromatic rings. The maximum Gasteiger partial charge on any atom is 0.277 e. The van der Waals surface area contributed by atoms with Crippen molar-refractivity contribution in [3.63, 3.8) is 0 Å². The zero-order chi connectivity index (χ0) is 8.15. The second-order valence-electron chi connectivity index (χ2n) is 2.44. The Morgan fingerprint density at radius 2 is 2.20 bits per heavy atom. The highest BCUT2D eigenvalue weighted by Gasteiger charge is 2.03. The van der Waals surface area contributed by atoms with Gasteiger partial charge in [0.25, 0.3) is 5.24 Å². The number of carbonyl (C=O) groups is 1. The van der Waals surface area contributed by atoms with Crippen LogP contribution in [0.1, 0.15) is 13.8 Å². The lowest BCUT2D eigenvalue weighted by Crippen LogP contribution is -2.26. The van der Waals surface area contributed by atoms with Crippen LogP contribution >= 0.6 is 11.8 Å². The van der Waals surface area contributed by atoms with Crippen molar-refractivity contribution < 1.29 is 4.79 Å². The highest BCUT2D eigenvalue weighted by atomic mass is 32.2. The Morgan fingerprint density at radius 3 is 2.50 bits per heavy atom. The summed E-state index contributed by atoms with van der Waals surface area (Å²) >= 11 is 1.13. The SMILES string of the molecule is CC(C)N(C)CSC(N)=O. The predicted molar refractivity (Wildman–Crippen MR) is 44.9 cm³/mol. The van der Waals surface area contributed by atoms with E-state index in [1.54, 1.807) is 0 Å². The molecule has 0 heterocycles. The van der Waals surface area contributed by atoms with Gasteiger partial charge in [0, 0.05) is 6.04 Å². The van der Waals surface area contributed by atoms with Gasteiger partial charge >= 0.3 is 0 Å². The first-order valence-corrected chi connectivity index (χ1v) is 4.15.